The second kappa shape index (κ2) is 4.51. The molecule has 1 N–H and O–H groups in total. The highest BCUT2D eigenvalue weighted by atomic mass is 16.3. The van der Waals surface area contributed by atoms with Crippen molar-refractivity contribution in [2.75, 3.05) is 0 Å². The molecule has 18 heavy (non-hydrogen) atoms. The van der Waals surface area contributed by atoms with Crippen LogP contribution in [0.2, 0.25) is 0 Å². The van der Waals surface area contributed by atoms with Crippen LogP contribution in [0.4, 0.5) is 0 Å². The van der Waals surface area contributed by atoms with E-state index < -0.39 is 5.60 Å². The summed E-state index contributed by atoms with van der Waals surface area (Å²) in [6.45, 7) is 6.03. The van der Waals surface area contributed by atoms with Crippen LogP contribution in [0.25, 0.3) is 0 Å². The number of benzene rings is 1. The maximum absolute atomic E-state index is 11.3. The molecular formula is C16H22O2. The van der Waals surface area contributed by atoms with Crippen molar-refractivity contribution in [1.29, 1.82) is 0 Å². The molecule has 0 heterocycles. The predicted octanol–water partition coefficient (Wildman–Crippen LogP) is 2.90. The smallest absolute Gasteiger partial charge is 0.152 e. The maximum Gasteiger partial charge on any atom is 0.152 e. The van der Waals surface area contributed by atoms with Gasteiger partial charge in [0.05, 0.1) is 0 Å². The first-order valence-corrected chi connectivity index (χ1v) is 6.63. The third kappa shape index (κ3) is 2.10. The maximum atomic E-state index is 11.3. The highest BCUT2D eigenvalue weighted by Gasteiger charge is 2.53. The van der Waals surface area contributed by atoms with Gasteiger partial charge in [-0.2, -0.15) is 0 Å². The van der Waals surface area contributed by atoms with Gasteiger partial charge in [-0.05, 0) is 37.7 Å². The number of aliphatic hydroxyl groups is 1. The largest absolute Gasteiger partial charge is 0.382 e. The van der Waals surface area contributed by atoms with Gasteiger partial charge in [0, 0.05) is 5.41 Å². The van der Waals surface area contributed by atoms with Gasteiger partial charge in [0.1, 0.15) is 5.60 Å². The number of hydrogen-bond acceptors (Lipinski definition) is 2. The molecule has 0 amide bonds. The minimum absolute atomic E-state index is 0.0349. The zero-order valence-corrected chi connectivity index (χ0v) is 11.4. The first kappa shape index (κ1) is 13.3. The van der Waals surface area contributed by atoms with Crippen molar-refractivity contribution in [3.05, 3.63) is 35.4 Å². The van der Waals surface area contributed by atoms with E-state index in [0.29, 0.717) is 0 Å². The summed E-state index contributed by atoms with van der Waals surface area (Å²) in [6.07, 6.45) is 3.35. The van der Waals surface area contributed by atoms with E-state index in [1.807, 2.05) is 13.8 Å². The van der Waals surface area contributed by atoms with E-state index in [9.17, 15) is 9.90 Å². The van der Waals surface area contributed by atoms with Gasteiger partial charge in [-0.25, -0.2) is 0 Å². The lowest BCUT2D eigenvalue weighted by molar-refractivity contribution is -0.139. The van der Waals surface area contributed by atoms with Crippen LogP contribution in [0.5, 0.6) is 0 Å². The minimum atomic E-state index is -1.18. The molecule has 2 heteroatoms. The summed E-state index contributed by atoms with van der Waals surface area (Å²) in [7, 11) is 0. The molecule has 1 aromatic rings. The zero-order valence-electron chi connectivity index (χ0n) is 11.4. The third-order valence-corrected chi connectivity index (χ3v) is 4.61. The van der Waals surface area contributed by atoms with Crippen molar-refractivity contribution in [3.63, 3.8) is 0 Å². The SMILES string of the molecule is Cc1ccc(CC2CCC(C)(C)[C@@]2(O)C=O)cc1. The molecule has 1 saturated carbocycles. The molecule has 1 aliphatic rings. The molecule has 0 spiro atoms. The van der Waals surface area contributed by atoms with Crippen LogP contribution in [0, 0.1) is 18.3 Å². The lowest BCUT2D eigenvalue weighted by atomic mass is 9.74. The minimum Gasteiger partial charge on any atom is -0.382 e. The van der Waals surface area contributed by atoms with Crippen molar-refractivity contribution in [2.45, 2.75) is 45.6 Å². The van der Waals surface area contributed by atoms with E-state index in [4.69, 9.17) is 0 Å². The molecular weight excluding hydrogens is 224 g/mol. The van der Waals surface area contributed by atoms with Crippen molar-refractivity contribution in [2.24, 2.45) is 11.3 Å². The Morgan fingerprint density at radius 3 is 2.50 bits per heavy atom. The van der Waals surface area contributed by atoms with Crippen LogP contribution in [0.15, 0.2) is 24.3 Å². The normalized spacial score (nSPS) is 30.3. The third-order valence-electron chi connectivity index (χ3n) is 4.61. The van der Waals surface area contributed by atoms with Gasteiger partial charge in [-0.3, -0.25) is 0 Å². The Balaban J connectivity index is 2.19. The van der Waals surface area contributed by atoms with Gasteiger partial charge < -0.3 is 9.90 Å². The molecule has 1 fully saturated rings. The Bertz CT molecular complexity index is 433. The predicted molar refractivity (Wildman–Crippen MR) is 72.4 cm³/mol. The molecule has 2 atom stereocenters. The average Bonchev–Trinajstić information content (AvgIpc) is 2.56. The van der Waals surface area contributed by atoms with E-state index in [1.165, 1.54) is 11.1 Å². The summed E-state index contributed by atoms with van der Waals surface area (Å²) in [6, 6.07) is 8.34. The van der Waals surface area contributed by atoms with E-state index in [2.05, 4.69) is 31.2 Å². The summed E-state index contributed by atoms with van der Waals surface area (Å²) in [5.41, 5.74) is 0.932. The van der Waals surface area contributed by atoms with Crippen LogP contribution >= 0.6 is 0 Å². The number of aldehydes is 1. The Morgan fingerprint density at radius 1 is 1.33 bits per heavy atom. The molecule has 0 radical (unpaired) electrons. The monoisotopic (exact) mass is 246 g/mol. The lowest BCUT2D eigenvalue weighted by Gasteiger charge is -2.35. The van der Waals surface area contributed by atoms with Crippen molar-refractivity contribution < 1.29 is 9.90 Å². The second-order valence-corrected chi connectivity index (χ2v) is 6.25. The Morgan fingerprint density at radius 2 is 1.94 bits per heavy atom. The summed E-state index contributed by atoms with van der Waals surface area (Å²) >= 11 is 0. The van der Waals surface area contributed by atoms with Crippen LogP contribution < -0.4 is 0 Å². The number of rotatable bonds is 3. The van der Waals surface area contributed by atoms with E-state index in [-0.39, 0.29) is 11.3 Å². The summed E-state index contributed by atoms with van der Waals surface area (Å²) in [5.74, 6) is 0.0349. The Hall–Kier alpha value is -1.15. The van der Waals surface area contributed by atoms with Gasteiger partial charge >= 0.3 is 0 Å². The number of aryl methyl sites for hydroxylation is 1. The van der Waals surface area contributed by atoms with Crippen LogP contribution in [-0.2, 0) is 11.2 Å². The first-order chi connectivity index (χ1) is 8.39. The van der Waals surface area contributed by atoms with Gasteiger partial charge in [-0.15, -0.1) is 0 Å². The van der Waals surface area contributed by atoms with Gasteiger partial charge in [0.25, 0.3) is 0 Å². The van der Waals surface area contributed by atoms with Gasteiger partial charge in [-0.1, -0.05) is 43.7 Å². The van der Waals surface area contributed by atoms with E-state index in [1.54, 1.807) is 0 Å². The molecule has 0 aromatic heterocycles. The molecule has 98 valence electrons. The molecule has 1 aromatic carbocycles. The van der Waals surface area contributed by atoms with Crippen molar-refractivity contribution >= 4 is 6.29 Å². The number of hydrogen-bond donors (Lipinski definition) is 1. The number of carbonyl (C=O) groups excluding carboxylic acids is 1. The fourth-order valence-corrected chi connectivity index (χ4v) is 3.03. The lowest BCUT2D eigenvalue weighted by Crippen LogP contribution is -2.47. The Labute approximate surface area is 109 Å². The summed E-state index contributed by atoms with van der Waals surface area (Å²) < 4.78 is 0. The van der Waals surface area contributed by atoms with Gasteiger partial charge in [0.15, 0.2) is 6.29 Å². The molecule has 1 aliphatic carbocycles. The second-order valence-electron chi connectivity index (χ2n) is 6.25. The van der Waals surface area contributed by atoms with E-state index in [0.717, 1.165) is 25.5 Å². The standard InChI is InChI=1S/C16H22O2/c1-12-4-6-13(7-5-12)10-14-8-9-15(2,3)16(14,18)11-17/h4-7,11,14,18H,8-10H2,1-3H3/t14?,16-/m1/s1. The highest BCUT2D eigenvalue weighted by molar-refractivity contribution is 5.65. The zero-order chi connectivity index (χ0) is 13.4. The van der Waals surface area contributed by atoms with Crippen LogP contribution in [0.3, 0.4) is 0 Å². The van der Waals surface area contributed by atoms with Gasteiger partial charge in [0.2, 0.25) is 0 Å². The fourth-order valence-electron chi connectivity index (χ4n) is 3.03. The van der Waals surface area contributed by atoms with Crippen LogP contribution in [-0.4, -0.2) is 17.0 Å². The first-order valence-electron chi connectivity index (χ1n) is 6.63. The fraction of sp³-hybridized carbons (Fsp3) is 0.562. The van der Waals surface area contributed by atoms with E-state index >= 15 is 0 Å². The molecule has 0 bridgehead atoms. The average molecular weight is 246 g/mol. The van der Waals surface area contributed by atoms with Crippen molar-refractivity contribution in [1.82, 2.24) is 0 Å². The Kier molecular flexibility index (Phi) is 3.33. The van der Waals surface area contributed by atoms with Crippen LogP contribution in [0.1, 0.15) is 37.8 Å². The summed E-state index contributed by atoms with van der Waals surface area (Å²) in [4.78, 5) is 11.3. The quantitative estimate of drug-likeness (QED) is 0.833. The molecule has 0 aliphatic heterocycles. The molecule has 2 rings (SSSR count). The highest BCUT2D eigenvalue weighted by Crippen LogP contribution is 2.49. The molecule has 1 unspecified atom stereocenters. The van der Waals surface area contributed by atoms with Crippen molar-refractivity contribution in [3.8, 4) is 0 Å². The molecule has 2 nitrogen and oxygen atoms in total. The molecule has 0 saturated heterocycles. The topological polar surface area (TPSA) is 37.3 Å². The number of carbonyl (C=O) groups is 1. The summed E-state index contributed by atoms with van der Waals surface area (Å²) in [5, 5.41) is 10.6.